The summed E-state index contributed by atoms with van der Waals surface area (Å²) in [6, 6.07) is 37.3. The second kappa shape index (κ2) is 14.2. The maximum atomic E-state index is 16.0. The van der Waals surface area contributed by atoms with Gasteiger partial charge in [0.1, 0.15) is 5.58 Å². The fourth-order valence-electron chi connectivity index (χ4n) is 12.2. The van der Waals surface area contributed by atoms with Crippen LogP contribution in [0.4, 0.5) is 47.3 Å². The highest BCUT2D eigenvalue weighted by atomic mass is 19.4. The number of aryl methyl sites for hydroxylation is 1. The molecular weight excluding hydrogens is 832 g/mol. The zero-order valence-electron chi connectivity index (χ0n) is 41.2. The molecule has 6 aromatic carbocycles. The lowest BCUT2D eigenvalue weighted by molar-refractivity contribution is -0.137. The first-order valence-electron chi connectivity index (χ1n) is 24.3. The van der Waals surface area contributed by atoms with Crippen LogP contribution in [0, 0.1) is 6.92 Å². The Morgan fingerprint density at radius 1 is 0.537 bits per heavy atom. The lowest BCUT2D eigenvalue weighted by Gasteiger charge is -2.48. The molecule has 67 heavy (non-hydrogen) atoms. The van der Waals surface area contributed by atoms with Gasteiger partial charge in [-0.1, -0.05) is 137 Å². The molecule has 4 aliphatic rings. The van der Waals surface area contributed by atoms with Crippen LogP contribution in [0.1, 0.15) is 141 Å². The summed E-state index contributed by atoms with van der Waals surface area (Å²) in [6.07, 6.45) is -0.574. The van der Waals surface area contributed by atoms with Crippen molar-refractivity contribution < 1.29 is 17.6 Å². The number of hydrogen-bond acceptors (Lipinski definition) is 3. The minimum absolute atomic E-state index is 0.0968. The molecule has 0 spiro atoms. The van der Waals surface area contributed by atoms with Crippen molar-refractivity contribution in [1.82, 2.24) is 0 Å². The molecule has 7 heteroatoms. The van der Waals surface area contributed by atoms with Gasteiger partial charge in [-0.05, 0) is 158 Å². The number of para-hydroxylation sites is 1. The van der Waals surface area contributed by atoms with Crippen LogP contribution in [0.25, 0.3) is 22.1 Å². The highest BCUT2D eigenvalue weighted by molar-refractivity contribution is 7.00. The van der Waals surface area contributed by atoms with Gasteiger partial charge in [0, 0.05) is 33.7 Å². The molecule has 0 bridgehead atoms. The van der Waals surface area contributed by atoms with Crippen molar-refractivity contribution in [3.05, 3.63) is 148 Å². The van der Waals surface area contributed by atoms with Crippen LogP contribution >= 0.6 is 0 Å². The first kappa shape index (κ1) is 43.9. The van der Waals surface area contributed by atoms with Gasteiger partial charge >= 0.3 is 6.18 Å². The summed E-state index contributed by atoms with van der Waals surface area (Å²) in [7, 11) is 0. The van der Waals surface area contributed by atoms with Crippen LogP contribution in [0.2, 0.25) is 0 Å². The highest BCUT2D eigenvalue weighted by Gasteiger charge is 2.51. The summed E-state index contributed by atoms with van der Waals surface area (Å²) < 4.78 is 55.2. The van der Waals surface area contributed by atoms with Crippen molar-refractivity contribution in [2.45, 2.75) is 142 Å². The standard InChI is InChI=1S/C60H62BF3N2O/c1-35-28-37(55(2,3)4)22-23-46(35)66-50-30-38(60(62,63)64)29-49-52(50)61(54-53(66)39-20-16-17-21-51(39)67-54)45-32-42-44(59(11,12)27-25-57(42,7)8)34-48(45)65(49)47-33-43-41(56(5,6)24-26-58(43,9)10)31-40(47)36-18-14-13-15-19-36/h13-23,28-34H,24-27H2,1-12H3. The van der Waals surface area contributed by atoms with Crippen molar-refractivity contribution >= 4 is 68.4 Å². The molecule has 0 N–H and O–H groups in total. The van der Waals surface area contributed by atoms with Gasteiger partial charge in [-0.2, -0.15) is 13.2 Å². The first-order chi connectivity index (χ1) is 31.4. The van der Waals surface area contributed by atoms with E-state index in [9.17, 15) is 0 Å². The molecular formula is C60H62BF3N2O. The molecule has 0 atom stereocenters. The van der Waals surface area contributed by atoms with Crippen molar-refractivity contribution in [3.63, 3.8) is 0 Å². The Morgan fingerprint density at radius 3 is 1.66 bits per heavy atom. The van der Waals surface area contributed by atoms with Crippen LogP contribution in [-0.2, 0) is 33.3 Å². The zero-order valence-corrected chi connectivity index (χ0v) is 41.2. The van der Waals surface area contributed by atoms with E-state index >= 15 is 13.2 Å². The highest BCUT2D eigenvalue weighted by Crippen LogP contribution is 2.56. The van der Waals surface area contributed by atoms with Crippen LogP contribution in [0.3, 0.4) is 0 Å². The largest absolute Gasteiger partial charge is 0.468 e. The summed E-state index contributed by atoms with van der Waals surface area (Å²) in [5.74, 6) is 0. The molecule has 0 unspecified atom stereocenters. The summed E-state index contributed by atoms with van der Waals surface area (Å²) in [5, 5.41) is 0.871. The number of rotatable bonds is 3. The Bertz CT molecular complexity index is 3200. The second-order valence-corrected chi connectivity index (χ2v) is 23.9. The van der Waals surface area contributed by atoms with Crippen molar-refractivity contribution in [1.29, 1.82) is 0 Å². The number of fused-ring (bicyclic) bond motifs is 8. The van der Waals surface area contributed by atoms with Crippen molar-refractivity contribution in [2.24, 2.45) is 0 Å². The summed E-state index contributed by atoms with van der Waals surface area (Å²) >= 11 is 0. The zero-order chi connectivity index (χ0) is 47.5. The monoisotopic (exact) mass is 894 g/mol. The van der Waals surface area contributed by atoms with Gasteiger partial charge < -0.3 is 14.2 Å². The van der Waals surface area contributed by atoms with Gasteiger partial charge in [-0.25, -0.2) is 0 Å². The quantitative estimate of drug-likeness (QED) is 0.165. The topological polar surface area (TPSA) is 19.6 Å². The number of alkyl halides is 3. The van der Waals surface area contributed by atoms with E-state index in [0.29, 0.717) is 17.0 Å². The van der Waals surface area contributed by atoms with Gasteiger partial charge in [0.05, 0.1) is 22.6 Å². The summed E-state index contributed by atoms with van der Waals surface area (Å²) in [5.41, 5.74) is 15.7. The molecule has 11 rings (SSSR count). The smallest absolute Gasteiger partial charge is 0.416 e. The fraction of sp³-hybridized carbons (Fsp3) is 0.367. The number of benzene rings is 6. The third-order valence-corrected chi connectivity index (χ3v) is 16.5. The molecule has 0 saturated heterocycles. The summed E-state index contributed by atoms with van der Waals surface area (Å²) in [6.45, 7) is 26.9. The SMILES string of the molecule is Cc1cc(C(C)(C)C)ccc1N1c2cc(C(F)(F)F)cc3c2B(c2cc4c(cc2N3c2cc3c(cc2-c2ccccc2)C(C)(C)CCC3(C)C)C(C)(C)CCC4(C)C)c2oc3ccccc3c21. The van der Waals surface area contributed by atoms with Crippen LogP contribution in [-0.4, -0.2) is 6.71 Å². The Balaban J connectivity index is 1.33. The van der Waals surface area contributed by atoms with E-state index in [1.807, 2.05) is 24.3 Å². The Labute approximate surface area is 395 Å². The van der Waals surface area contributed by atoms with E-state index in [1.165, 1.54) is 34.4 Å². The van der Waals surface area contributed by atoms with Gasteiger partial charge in [-0.3, -0.25) is 0 Å². The molecule has 342 valence electrons. The molecule has 0 saturated carbocycles. The van der Waals surface area contributed by atoms with Crippen LogP contribution in [0.15, 0.2) is 114 Å². The molecule has 7 aromatic rings. The van der Waals surface area contributed by atoms with Crippen molar-refractivity contribution in [3.8, 4) is 11.1 Å². The maximum absolute atomic E-state index is 16.0. The Hall–Kier alpha value is -5.69. The average molecular weight is 895 g/mol. The molecule has 2 aliphatic carbocycles. The molecule has 0 amide bonds. The van der Waals surface area contributed by atoms with E-state index in [-0.39, 0.29) is 27.1 Å². The molecule has 0 fully saturated rings. The number of hydrogen-bond donors (Lipinski definition) is 0. The molecule has 3 nitrogen and oxygen atoms in total. The van der Waals surface area contributed by atoms with E-state index < -0.39 is 18.5 Å². The number of nitrogens with zero attached hydrogens (tertiary/aromatic N) is 2. The van der Waals surface area contributed by atoms with Gasteiger partial charge in [0.2, 0.25) is 0 Å². The van der Waals surface area contributed by atoms with E-state index in [2.05, 4.69) is 166 Å². The third-order valence-electron chi connectivity index (χ3n) is 16.5. The second-order valence-electron chi connectivity index (χ2n) is 23.9. The molecule has 2 aliphatic heterocycles. The first-order valence-corrected chi connectivity index (χ1v) is 24.3. The molecule has 0 radical (unpaired) electrons. The van der Waals surface area contributed by atoms with E-state index in [0.717, 1.165) is 92.7 Å². The summed E-state index contributed by atoms with van der Waals surface area (Å²) in [4.78, 5) is 4.33. The van der Waals surface area contributed by atoms with E-state index in [1.54, 1.807) is 0 Å². The minimum Gasteiger partial charge on any atom is -0.468 e. The molecule has 3 heterocycles. The predicted molar refractivity (Wildman–Crippen MR) is 275 cm³/mol. The van der Waals surface area contributed by atoms with Crippen LogP contribution < -0.4 is 26.4 Å². The van der Waals surface area contributed by atoms with Crippen molar-refractivity contribution in [2.75, 3.05) is 9.80 Å². The number of anilines is 6. The Kier molecular flexibility index (Phi) is 9.28. The van der Waals surface area contributed by atoms with Gasteiger partial charge in [-0.15, -0.1) is 0 Å². The minimum atomic E-state index is -4.64. The van der Waals surface area contributed by atoms with Crippen LogP contribution in [0.5, 0.6) is 0 Å². The normalized spacial score (nSPS) is 18.5. The average Bonchev–Trinajstić information content (AvgIpc) is 3.65. The maximum Gasteiger partial charge on any atom is 0.416 e. The predicted octanol–water partition coefficient (Wildman–Crippen LogP) is 15.5. The third kappa shape index (κ3) is 6.60. The number of furan rings is 1. The Morgan fingerprint density at radius 2 is 1.07 bits per heavy atom. The molecule has 1 aromatic heterocycles. The van der Waals surface area contributed by atoms with E-state index in [4.69, 9.17) is 4.42 Å². The number of halogens is 3. The van der Waals surface area contributed by atoms with Gasteiger partial charge in [0.25, 0.3) is 6.71 Å². The fourth-order valence-corrected chi connectivity index (χ4v) is 12.2. The lowest BCUT2D eigenvalue weighted by atomic mass is 9.35. The van der Waals surface area contributed by atoms with Gasteiger partial charge in [0.15, 0.2) is 0 Å². The lowest BCUT2D eigenvalue weighted by Crippen LogP contribution is -2.61.